The fraction of sp³-hybridized carbons (Fsp3) is 0.261. The van der Waals surface area contributed by atoms with E-state index < -0.39 is 23.0 Å². The third-order valence-corrected chi connectivity index (χ3v) is 5.73. The number of halogens is 4. The van der Waals surface area contributed by atoms with Gasteiger partial charge in [0.2, 0.25) is 0 Å². The van der Waals surface area contributed by atoms with Crippen molar-refractivity contribution in [2.75, 3.05) is 6.61 Å². The van der Waals surface area contributed by atoms with Crippen LogP contribution in [0.3, 0.4) is 0 Å². The lowest BCUT2D eigenvalue weighted by molar-refractivity contribution is -0.137. The Labute approximate surface area is 196 Å². The van der Waals surface area contributed by atoms with Gasteiger partial charge in [-0.15, -0.1) is 0 Å². The van der Waals surface area contributed by atoms with E-state index in [1.165, 1.54) is 28.3 Å². The summed E-state index contributed by atoms with van der Waals surface area (Å²) in [6.07, 6.45) is -4.38. The molecule has 0 unspecified atom stereocenters. The van der Waals surface area contributed by atoms with Crippen LogP contribution in [0, 0.1) is 0 Å². The molecule has 0 bridgehead atoms. The fourth-order valence-corrected chi connectivity index (χ4v) is 3.90. The van der Waals surface area contributed by atoms with Gasteiger partial charge in [-0.3, -0.25) is 13.9 Å². The highest BCUT2D eigenvalue weighted by Crippen LogP contribution is 2.33. The molecule has 0 fully saturated rings. The molecule has 0 aliphatic rings. The molecule has 11 heteroatoms. The number of aromatic nitrogens is 4. The van der Waals surface area contributed by atoms with Gasteiger partial charge in [-0.1, -0.05) is 35.9 Å². The molecule has 0 saturated heterocycles. The van der Waals surface area contributed by atoms with Crippen LogP contribution in [0.5, 0.6) is 0 Å². The van der Waals surface area contributed by atoms with Crippen molar-refractivity contribution < 1.29 is 18.3 Å². The molecular weight excluding hydrogens is 473 g/mol. The Morgan fingerprint density at radius 1 is 1.06 bits per heavy atom. The number of alkyl halides is 3. The SMILES string of the molecule is Cn1c(=O)n(CCCO)c(=O)c2c1nc(-c1cccc(C(F)(F)F)c1)n2Cc1ccc(Cl)cc1. The summed E-state index contributed by atoms with van der Waals surface area (Å²) in [6.45, 7) is -0.122. The number of hydrogen-bond acceptors (Lipinski definition) is 4. The van der Waals surface area contributed by atoms with Crippen molar-refractivity contribution in [2.24, 2.45) is 7.05 Å². The molecule has 7 nitrogen and oxygen atoms in total. The minimum Gasteiger partial charge on any atom is -0.396 e. The minimum atomic E-state index is -4.56. The number of aryl methyl sites for hydroxylation is 1. The van der Waals surface area contributed by atoms with Crippen LogP contribution in [0.4, 0.5) is 13.2 Å². The third kappa shape index (κ3) is 4.38. The molecule has 2 aromatic heterocycles. The van der Waals surface area contributed by atoms with Crippen molar-refractivity contribution in [3.63, 3.8) is 0 Å². The monoisotopic (exact) mass is 492 g/mol. The highest BCUT2D eigenvalue weighted by molar-refractivity contribution is 6.30. The van der Waals surface area contributed by atoms with Gasteiger partial charge in [0.1, 0.15) is 5.82 Å². The fourth-order valence-electron chi connectivity index (χ4n) is 3.78. The Morgan fingerprint density at radius 2 is 1.76 bits per heavy atom. The number of benzene rings is 2. The number of aliphatic hydroxyl groups excluding tert-OH is 1. The van der Waals surface area contributed by atoms with Gasteiger partial charge in [0.25, 0.3) is 5.56 Å². The van der Waals surface area contributed by atoms with E-state index in [0.29, 0.717) is 5.02 Å². The van der Waals surface area contributed by atoms with Crippen LogP contribution in [-0.4, -0.2) is 30.4 Å². The lowest BCUT2D eigenvalue weighted by atomic mass is 10.1. The van der Waals surface area contributed by atoms with Crippen LogP contribution in [0.1, 0.15) is 17.5 Å². The summed E-state index contributed by atoms with van der Waals surface area (Å²) in [5.74, 6) is 0.114. The Hall–Kier alpha value is -3.37. The number of fused-ring (bicyclic) bond motifs is 1. The molecule has 0 spiro atoms. The third-order valence-electron chi connectivity index (χ3n) is 5.47. The van der Waals surface area contributed by atoms with E-state index in [1.807, 2.05) is 0 Å². The van der Waals surface area contributed by atoms with Gasteiger partial charge in [0.15, 0.2) is 11.2 Å². The van der Waals surface area contributed by atoms with E-state index in [0.717, 1.165) is 22.3 Å². The molecule has 0 saturated carbocycles. The van der Waals surface area contributed by atoms with E-state index in [2.05, 4.69) is 4.98 Å². The Balaban J connectivity index is 2.03. The van der Waals surface area contributed by atoms with Gasteiger partial charge >= 0.3 is 11.9 Å². The van der Waals surface area contributed by atoms with Crippen LogP contribution in [0.2, 0.25) is 5.02 Å². The Morgan fingerprint density at radius 3 is 2.41 bits per heavy atom. The summed E-state index contributed by atoms with van der Waals surface area (Å²) >= 11 is 5.97. The van der Waals surface area contributed by atoms with Crippen LogP contribution < -0.4 is 11.2 Å². The molecule has 1 N–H and O–H groups in total. The van der Waals surface area contributed by atoms with Crippen molar-refractivity contribution in [2.45, 2.75) is 25.7 Å². The van der Waals surface area contributed by atoms with Gasteiger partial charge in [0, 0.05) is 37.3 Å². The molecule has 0 aliphatic heterocycles. The summed E-state index contributed by atoms with van der Waals surface area (Å²) in [5.41, 5.74) is -1.12. The van der Waals surface area contributed by atoms with E-state index in [9.17, 15) is 22.8 Å². The largest absolute Gasteiger partial charge is 0.416 e. The zero-order valence-corrected chi connectivity index (χ0v) is 18.8. The number of aliphatic hydroxyl groups is 1. The highest BCUT2D eigenvalue weighted by atomic mass is 35.5. The summed E-state index contributed by atoms with van der Waals surface area (Å²) < 4.78 is 43.8. The first-order chi connectivity index (χ1) is 16.1. The van der Waals surface area contributed by atoms with Crippen LogP contribution in [0.15, 0.2) is 58.1 Å². The van der Waals surface area contributed by atoms with Crippen molar-refractivity contribution in [1.82, 2.24) is 18.7 Å². The highest BCUT2D eigenvalue weighted by Gasteiger charge is 2.31. The zero-order valence-electron chi connectivity index (χ0n) is 18.0. The van der Waals surface area contributed by atoms with Gasteiger partial charge < -0.3 is 9.67 Å². The molecule has 4 rings (SSSR count). The maximum atomic E-state index is 13.4. The van der Waals surface area contributed by atoms with E-state index in [4.69, 9.17) is 16.7 Å². The predicted octanol–water partition coefficient (Wildman–Crippen LogP) is 3.67. The first-order valence-corrected chi connectivity index (χ1v) is 10.7. The number of rotatable bonds is 6. The maximum Gasteiger partial charge on any atom is 0.416 e. The number of nitrogens with zero attached hydrogens (tertiary/aromatic N) is 4. The quantitative estimate of drug-likeness (QED) is 0.445. The summed E-state index contributed by atoms with van der Waals surface area (Å²) in [4.78, 5) is 30.6. The average Bonchev–Trinajstić information content (AvgIpc) is 3.18. The van der Waals surface area contributed by atoms with Gasteiger partial charge in [-0.25, -0.2) is 9.78 Å². The van der Waals surface area contributed by atoms with Gasteiger partial charge in [0.05, 0.1) is 5.56 Å². The second-order valence-corrected chi connectivity index (χ2v) is 8.21. The summed E-state index contributed by atoms with van der Waals surface area (Å²) in [6, 6.07) is 11.4. The van der Waals surface area contributed by atoms with Crippen molar-refractivity contribution in [1.29, 1.82) is 0 Å². The second kappa shape index (κ2) is 9.11. The van der Waals surface area contributed by atoms with Crippen molar-refractivity contribution in [3.05, 3.63) is 85.5 Å². The lowest BCUT2D eigenvalue weighted by Crippen LogP contribution is -2.39. The van der Waals surface area contributed by atoms with Crippen LogP contribution in [0.25, 0.3) is 22.6 Å². The molecule has 0 atom stereocenters. The predicted molar refractivity (Wildman–Crippen MR) is 122 cm³/mol. The molecule has 2 heterocycles. The summed E-state index contributed by atoms with van der Waals surface area (Å²) in [5, 5.41) is 9.67. The first-order valence-electron chi connectivity index (χ1n) is 10.3. The maximum absolute atomic E-state index is 13.4. The molecule has 4 aromatic rings. The zero-order chi connectivity index (χ0) is 24.6. The number of imidazole rings is 1. The molecule has 34 heavy (non-hydrogen) atoms. The van der Waals surface area contributed by atoms with Gasteiger partial charge in [-0.2, -0.15) is 13.2 Å². The molecular formula is C23H20ClF3N4O3. The van der Waals surface area contributed by atoms with E-state index in [-0.39, 0.29) is 48.7 Å². The van der Waals surface area contributed by atoms with Crippen molar-refractivity contribution in [3.8, 4) is 11.4 Å². The van der Waals surface area contributed by atoms with Crippen LogP contribution >= 0.6 is 11.6 Å². The van der Waals surface area contributed by atoms with Gasteiger partial charge in [-0.05, 0) is 36.2 Å². The van der Waals surface area contributed by atoms with Crippen molar-refractivity contribution >= 4 is 22.8 Å². The molecule has 0 amide bonds. The molecule has 178 valence electrons. The lowest BCUT2D eigenvalue weighted by Gasteiger charge is -2.12. The standard InChI is InChI=1S/C23H20ClF3N4O3/c1-29-20-18(21(33)30(22(29)34)10-3-11-32)31(13-14-6-8-17(24)9-7-14)19(28-20)15-4-2-5-16(12-15)23(25,26)27/h2,4-9,12,32H,3,10-11,13H2,1H3. The van der Waals surface area contributed by atoms with Crippen LogP contribution in [-0.2, 0) is 26.3 Å². The Bertz CT molecular complexity index is 1470. The second-order valence-electron chi connectivity index (χ2n) is 7.77. The topological polar surface area (TPSA) is 82.0 Å². The first kappa shape index (κ1) is 23.8. The molecule has 2 aromatic carbocycles. The smallest absolute Gasteiger partial charge is 0.396 e. The minimum absolute atomic E-state index is 0.0109. The van der Waals surface area contributed by atoms with E-state index >= 15 is 0 Å². The van der Waals surface area contributed by atoms with E-state index in [1.54, 1.807) is 24.3 Å². The normalized spacial score (nSPS) is 11.9. The molecule has 0 radical (unpaired) electrons. The Kier molecular flexibility index (Phi) is 6.37. The average molecular weight is 493 g/mol. The number of hydrogen-bond donors (Lipinski definition) is 1. The molecule has 0 aliphatic carbocycles. The summed E-state index contributed by atoms with van der Waals surface area (Å²) in [7, 11) is 1.44.